The Labute approximate surface area is 99.7 Å². The van der Waals surface area contributed by atoms with Crippen LogP contribution in [0.4, 0.5) is 0 Å². The fourth-order valence-electron chi connectivity index (χ4n) is 1.37. The van der Waals surface area contributed by atoms with Crippen molar-refractivity contribution >= 4 is 0 Å². The van der Waals surface area contributed by atoms with Gasteiger partial charge >= 0.3 is 0 Å². The third-order valence-corrected chi connectivity index (χ3v) is 2.24. The molecule has 0 atom stereocenters. The summed E-state index contributed by atoms with van der Waals surface area (Å²) in [5.74, 6) is 0. The second-order valence-electron chi connectivity index (χ2n) is 3.92. The SMILES string of the molecule is C=C/C=C\C(NCCN(C)CCC)=C(/C)N. The van der Waals surface area contributed by atoms with E-state index in [0.29, 0.717) is 0 Å². The standard InChI is InChI=1S/C13H25N3/c1-5-7-8-13(12(3)14)15-9-11-16(4)10-6-2/h5,7-8,15H,1,6,9-11,14H2,2-4H3/b8-7-,13-12-. The van der Waals surface area contributed by atoms with Crippen molar-refractivity contribution in [1.82, 2.24) is 10.2 Å². The Morgan fingerprint density at radius 2 is 2.12 bits per heavy atom. The summed E-state index contributed by atoms with van der Waals surface area (Å²) < 4.78 is 0. The maximum Gasteiger partial charge on any atom is 0.0528 e. The van der Waals surface area contributed by atoms with Crippen LogP contribution >= 0.6 is 0 Å². The van der Waals surface area contributed by atoms with Gasteiger partial charge in [0, 0.05) is 18.8 Å². The lowest BCUT2D eigenvalue weighted by molar-refractivity contribution is 0.337. The lowest BCUT2D eigenvalue weighted by Gasteiger charge is -2.17. The fourth-order valence-corrected chi connectivity index (χ4v) is 1.37. The molecule has 0 aromatic heterocycles. The Morgan fingerprint density at radius 1 is 1.44 bits per heavy atom. The van der Waals surface area contributed by atoms with Crippen molar-refractivity contribution in [2.24, 2.45) is 5.73 Å². The molecule has 0 spiro atoms. The van der Waals surface area contributed by atoms with Gasteiger partial charge in [-0.3, -0.25) is 0 Å². The highest BCUT2D eigenvalue weighted by atomic mass is 15.1. The van der Waals surface area contributed by atoms with Gasteiger partial charge in [0.1, 0.15) is 0 Å². The predicted octanol–water partition coefficient (Wildman–Crippen LogP) is 1.85. The molecule has 92 valence electrons. The Hall–Kier alpha value is -1.22. The van der Waals surface area contributed by atoms with E-state index >= 15 is 0 Å². The molecule has 16 heavy (non-hydrogen) atoms. The number of allylic oxidation sites excluding steroid dienone is 4. The molecular weight excluding hydrogens is 198 g/mol. The van der Waals surface area contributed by atoms with Crippen LogP contribution in [0.5, 0.6) is 0 Å². The zero-order chi connectivity index (χ0) is 12.4. The quantitative estimate of drug-likeness (QED) is 0.617. The van der Waals surface area contributed by atoms with E-state index in [1.807, 2.05) is 19.1 Å². The highest BCUT2D eigenvalue weighted by molar-refractivity contribution is 5.23. The summed E-state index contributed by atoms with van der Waals surface area (Å²) in [6.45, 7) is 10.8. The number of hydrogen-bond acceptors (Lipinski definition) is 3. The van der Waals surface area contributed by atoms with E-state index in [0.717, 1.165) is 31.0 Å². The van der Waals surface area contributed by atoms with Gasteiger partial charge in [0.05, 0.1) is 5.70 Å². The largest absolute Gasteiger partial charge is 0.401 e. The van der Waals surface area contributed by atoms with E-state index in [9.17, 15) is 0 Å². The molecule has 0 aliphatic rings. The van der Waals surface area contributed by atoms with Gasteiger partial charge in [-0.25, -0.2) is 0 Å². The van der Waals surface area contributed by atoms with E-state index in [4.69, 9.17) is 5.73 Å². The van der Waals surface area contributed by atoms with E-state index < -0.39 is 0 Å². The first-order chi connectivity index (χ1) is 7.61. The molecule has 0 aromatic carbocycles. The van der Waals surface area contributed by atoms with Crippen LogP contribution in [0.25, 0.3) is 0 Å². The average Bonchev–Trinajstić information content (AvgIpc) is 2.23. The number of nitrogens with zero attached hydrogens (tertiary/aromatic N) is 1. The van der Waals surface area contributed by atoms with Crippen LogP contribution in [-0.2, 0) is 0 Å². The molecule has 0 bridgehead atoms. The van der Waals surface area contributed by atoms with Gasteiger partial charge in [-0.2, -0.15) is 0 Å². The third kappa shape index (κ3) is 7.12. The monoisotopic (exact) mass is 223 g/mol. The van der Waals surface area contributed by atoms with Gasteiger partial charge in [-0.05, 0) is 33.0 Å². The number of nitrogens with two attached hydrogens (primary N) is 1. The highest BCUT2D eigenvalue weighted by Crippen LogP contribution is 1.96. The topological polar surface area (TPSA) is 41.3 Å². The molecule has 0 saturated heterocycles. The smallest absolute Gasteiger partial charge is 0.0528 e. The first kappa shape index (κ1) is 14.8. The highest BCUT2D eigenvalue weighted by Gasteiger charge is 1.98. The minimum atomic E-state index is 0.802. The summed E-state index contributed by atoms with van der Waals surface area (Å²) in [4.78, 5) is 2.30. The van der Waals surface area contributed by atoms with Gasteiger partial charge in [-0.15, -0.1) is 0 Å². The Balaban J connectivity index is 4.00. The van der Waals surface area contributed by atoms with Crippen molar-refractivity contribution in [3.63, 3.8) is 0 Å². The molecule has 0 fully saturated rings. The molecule has 0 heterocycles. The normalized spacial score (nSPS) is 13.0. The minimum absolute atomic E-state index is 0.802. The Morgan fingerprint density at radius 3 is 2.62 bits per heavy atom. The number of rotatable bonds is 8. The number of nitrogens with one attached hydrogen (secondary N) is 1. The molecule has 3 nitrogen and oxygen atoms in total. The maximum absolute atomic E-state index is 5.77. The molecule has 0 saturated carbocycles. The van der Waals surface area contributed by atoms with Crippen LogP contribution in [0.3, 0.4) is 0 Å². The second-order valence-corrected chi connectivity index (χ2v) is 3.92. The van der Waals surface area contributed by atoms with Crippen molar-refractivity contribution in [1.29, 1.82) is 0 Å². The van der Waals surface area contributed by atoms with Gasteiger partial charge in [0.25, 0.3) is 0 Å². The van der Waals surface area contributed by atoms with Crippen LogP contribution in [0.1, 0.15) is 20.3 Å². The van der Waals surface area contributed by atoms with Crippen LogP contribution in [-0.4, -0.2) is 31.6 Å². The number of hydrogen-bond donors (Lipinski definition) is 2. The van der Waals surface area contributed by atoms with Gasteiger partial charge < -0.3 is 16.0 Å². The fraction of sp³-hybridized carbons (Fsp3) is 0.538. The summed E-state index contributed by atoms with van der Waals surface area (Å²) in [5.41, 5.74) is 7.55. The van der Waals surface area contributed by atoms with Crippen molar-refractivity contribution in [2.75, 3.05) is 26.7 Å². The summed E-state index contributed by atoms with van der Waals surface area (Å²) in [6, 6.07) is 0. The minimum Gasteiger partial charge on any atom is -0.401 e. The molecule has 0 aliphatic heterocycles. The van der Waals surface area contributed by atoms with Crippen molar-refractivity contribution in [3.8, 4) is 0 Å². The first-order valence-corrected chi connectivity index (χ1v) is 5.79. The molecule has 0 aliphatic carbocycles. The lowest BCUT2D eigenvalue weighted by Crippen LogP contribution is -2.30. The van der Waals surface area contributed by atoms with E-state index in [-0.39, 0.29) is 0 Å². The summed E-state index contributed by atoms with van der Waals surface area (Å²) in [7, 11) is 2.13. The molecule has 0 rings (SSSR count). The van der Waals surface area contributed by atoms with Crippen LogP contribution in [0.15, 0.2) is 36.2 Å². The van der Waals surface area contributed by atoms with Gasteiger partial charge in [0.15, 0.2) is 0 Å². The molecule has 0 radical (unpaired) electrons. The van der Waals surface area contributed by atoms with Crippen LogP contribution in [0, 0.1) is 0 Å². The van der Waals surface area contributed by atoms with E-state index in [1.54, 1.807) is 6.08 Å². The Bertz CT molecular complexity index is 250. The molecule has 3 N–H and O–H groups in total. The lowest BCUT2D eigenvalue weighted by atomic mass is 10.3. The molecule has 0 unspecified atom stereocenters. The van der Waals surface area contributed by atoms with Crippen LogP contribution < -0.4 is 11.1 Å². The van der Waals surface area contributed by atoms with Crippen molar-refractivity contribution < 1.29 is 0 Å². The van der Waals surface area contributed by atoms with Gasteiger partial charge in [0.2, 0.25) is 0 Å². The van der Waals surface area contributed by atoms with E-state index in [1.165, 1.54) is 6.42 Å². The molecule has 0 aromatic rings. The van der Waals surface area contributed by atoms with Crippen LogP contribution in [0.2, 0.25) is 0 Å². The predicted molar refractivity (Wildman–Crippen MR) is 72.0 cm³/mol. The third-order valence-electron chi connectivity index (χ3n) is 2.24. The summed E-state index contributed by atoms with van der Waals surface area (Å²) in [6.07, 6.45) is 6.76. The van der Waals surface area contributed by atoms with E-state index in [2.05, 4.69) is 30.8 Å². The average molecular weight is 223 g/mol. The first-order valence-electron chi connectivity index (χ1n) is 5.79. The zero-order valence-electron chi connectivity index (χ0n) is 10.8. The summed E-state index contributed by atoms with van der Waals surface area (Å²) in [5, 5.41) is 3.32. The molecule has 0 amide bonds. The van der Waals surface area contributed by atoms with Gasteiger partial charge in [-0.1, -0.05) is 25.7 Å². The Kier molecular flexibility index (Phi) is 8.35. The second kappa shape index (κ2) is 9.04. The van der Waals surface area contributed by atoms with Crippen molar-refractivity contribution in [3.05, 3.63) is 36.2 Å². The van der Waals surface area contributed by atoms with Crippen molar-refractivity contribution in [2.45, 2.75) is 20.3 Å². The summed E-state index contributed by atoms with van der Waals surface area (Å²) >= 11 is 0. The molecular formula is C13H25N3. The molecule has 3 heteroatoms. The number of likely N-dealkylation sites (N-methyl/N-ethyl adjacent to an activating group) is 1. The maximum atomic E-state index is 5.77. The zero-order valence-corrected chi connectivity index (χ0v) is 10.8.